The van der Waals surface area contributed by atoms with Gasteiger partial charge in [0, 0.05) is 41.9 Å². The van der Waals surface area contributed by atoms with Crippen LogP contribution in [0.5, 0.6) is 17.2 Å². The van der Waals surface area contributed by atoms with Gasteiger partial charge < -0.3 is 29.2 Å². The molecule has 3 aromatic rings. The molecule has 0 spiro atoms. The van der Waals surface area contributed by atoms with Gasteiger partial charge in [-0.3, -0.25) is 4.79 Å². The smallest absolute Gasteiger partial charge is 0.410 e. The molecular formula is C30H37ClN4O6. The van der Waals surface area contributed by atoms with Crippen molar-refractivity contribution in [3.8, 4) is 22.9 Å². The largest absolute Gasteiger partial charge is 0.493 e. The number of piperidine rings is 1. The van der Waals surface area contributed by atoms with E-state index in [-0.39, 0.29) is 17.9 Å². The maximum Gasteiger partial charge on any atom is 0.410 e. The van der Waals surface area contributed by atoms with Gasteiger partial charge in [-0.2, -0.15) is 5.10 Å². The molecule has 0 unspecified atom stereocenters. The SMILES string of the molecule is COc1cc(NC(=O)c2cnn(-c3cccc(Cl)c3C)c2C2CCN(C(=O)OC(C)(C)C)CC2)cc(OC)c1OC. The topological polar surface area (TPSA) is 104 Å². The molecular weight excluding hydrogens is 548 g/mol. The highest BCUT2D eigenvalue weighted by Crippen LogP contribution is 2.40. The van der Waals surface area contributed by atoms with Crippen LogP contribution in [-0.4, -0.2) is 66.7 Å². The zero-order valence-corrected chi connectivity index (χ0v) is 25.3. The lowest BCUT2D eigenvalue weighted by Gasteiger charge is -2.34. The molecule has 41 heavy (non-hydrogen) atoms. The average molecular weight is 585 g/mol. The molecule has 1 aliphatic rings. The molecule has 0 bridgehead atoms. The van der Waals surface area contributed by atoms with Gasteiger partial charge in [-0.25, -0.2) is 9.48 Å². The number of ether oxygens (including phenoxy) is 4. The number of methoxy groups -OCH3 is 3. The second-order valence-electron chi connectivity index (χ2n) is 10.8. The average Bonchev–Trinajstić information content (AvgIpc) is 3.38. The number of benzene rings is 2. The Morgan fingerprint density at radius 1 is 1.02 bits per heavy atom. The summed E-state index contributed by atoms with van der Waals surface area (Å²) in [6, 6.07) is 8.94. The molecule has 0 aliphatic carbocycles. The summed E-state index contributed by atoms with van der Waals surface area (Å²) in [6.07, 6.45) is 2.50. The first-order valence-electron chi connectivity index (χ1n) is 13.4. The van der Waals surface area contributed by atoms with Crippen molar-refractivity contribution in [3.05, 3.63) is 58.4 Å². The van der Waals surface area contributed by atoms with Crippen molar-refractivity contribution in [2.24, 2.45) is 0 Å². The number of rotatable bonds is 7. The zero-order chi connectivity index (χ0) is 29.9. The van der Waals surface area contributed by atoms with Crippen LogP contribution in [0.25, 0.3) is 5.69 Å². The van der Waals surface area contributed by atoms with Crippen molar-refractivity contribution in [2.45, 2.75) is 52.1 Å². The summed E-state index contributed by atoms with van der Waals surface area (Å²) in [5, 5.41) is 8.21. The minimum atomic E-state index is -0.575. The maximum atomic E-state index is 13.8. The Labute approximate surface area is 245 Å². The fourth-order valence-corrected chi connectivity index (χ4v) is 5.13. The van der Waals surface area contributed by atoms with Crippen LogP contribution in [0.15, 0.2) is 36.5 Å². The van der Waals surface area contributed by atoms with Crippen LogP contribution < -0.4 is 19.5 Å². The predicted molar refractivity (Wildman–Crippen MR) is 157 cm³/mol. The van der Waals surface area contributed by atoms with Gasteiger partial charge in [0.25, 0.3) is 5.91 Å². The predicted octanol–water partition coefficient (Wildman–Crippen LogP) is 6.23. The lowest BCUT2D eigenvalue weighted by atomic mass is 9.90. The summed E-state index contributed by atoms with van der Waals surface area (Å²) in [4.78, 5) is 28.2. The van der Waals surface area contributed by atoms with Gasteiger partial charge in [-0.15, -0.1) is 0 Å². The molecule has 2 heterocycles. The van der Waals surface area contributed by atoms with Crippen LogP contribution in [0, 0.1) is 6.92 Å². The Morgan fingerprint density at radius 2 is 1.66 bits per heavy atom. The van der Waals surface area contributed by atoms with E-state index in [9.17, 15) is 9.59 Å². The first kappa shape index (κ1) is 30.0. The summed E-state index contributed by atoms with van der Waals surface area (Å²) < 4.78 is 23.7. The number of hydrogen-bond acceptors (Lipinski definition) is 7. The molecule has 4 rings (SSSR count). The molecule has 0 saturated carbocycles. The number of carbonyl (C=O) groups excluding carboxylic acids is 2. The highest BCUT2D eigenvalue weighted by molar-refractivity contribution is 6.31. The molecule has 220 valence electrons. The number of hydrogen-bond donors (Lipinski definition) is 1. The fourth-order valence-electron chi connectivity index (χ4n) is 4.96. The lowest BCUT2D eigenvalue weighted by molar-refractivity contribution is 0.0203. The molecule has 1 fully saturated rings. The quantitative estimate of drug-likeness (QED) is 0.351. The molecule has 1 saturated heterocycles. The number of halogens is 1. The molecule has 11 heteroatoms. The minimum Gasteiger partial charge on any atom is -0.493 e. The Kier molecular flexibility index (Phi) is 9.01. The monoisotopic (exact) mass is 584 g/mol. The van der Waals surface area contributed by atoms with Crippen LogP contribution in [0.2, 0.25) is 5.02 Å². The summed E-state index contributed by atoms with van der Waals surface area (Å²) >= 11 is 6.45. The van der Waals surface area contributed by atoms with Crippen molar-refractivity contribution in [1.29, 1.82) is 0 Å². The van der Waals surface area contributed by atoms with Crippen molar-refractivity contribution < 1.29 is 28.5 Å². The first-order chi connectivity index (χ1) is 19.5. The number of carbonyl (C=O) groups is 2. The Hall–Kier alpha value is -3.92. The van der Waals surface area contributed by atoms with Crippen molar-refractivity contribution in [2.75, 3.05) is 39.7 Å². The van der Waals surface area contributed by atoms with Gasteiger partial charge in [0.05, 0.1) is 44.5 Å². The molecule has 1 aliphatic heterocycles. The van der Waals surface area contributed by atoms with E-state index < -0.39 is 5.60 Å². The third kappa shape index (κ3) is 6.53. The molecule has 10 nitrogen and oxygen atoms in total. The molecule has 2 amide bonds. The molecule has 1 N–H and O–H groups in total. The van der Waals surface area contributed by atoms with E-state index in [1.54, 1.807) is 27.9 Å². The van der Waals surface area contributed by atoms with Gasteiger partial charge in [0.1, 0.15) is 5.60 Å². The van der Waals surface area contributed by atoms with E-state index in [4.69, 9.17) is 30.5 Å². The van der Waals surface area contributed by atoms with Crippen LogP contribution >= 0.6 is 11.6 Å². The Bertz CT molecular complexity index is 1400. The van der Waals surface area contributed by atoms with Crippen LogP contribution in [0.4, 0.5) is 10.5 Å². The number of aromatic nitrogens is 2. The number of nitrogens with zero attached hydrogens (tertiary/aromatic N) is 3. The summed E-state index contributed by atoms with van der Waals surface area (Å²) in [6.45, 7) is 8.46. The number of anilines is 1. The first-order valence-corrected chi connectivity index (χ1v) is 13.8. The zero-order valence-electron chi connectivity index (χ0n) is 24.5. The summed E-state index contributed by atoms with van der Waals surface area (Å²) in [7, 11) is 4.55. The van der Waals surface area contributed by atoms with Crippen LogP contribution in [-0.2, 0) is 4.74 Å². The number of amides is 2. The molecule has 1 aromatic heterocycles. The number of likely N-dealkylation sites (tertiary alicyclic amines) is 1. The van der Waals surface area contributed by atoms with E-state index in [0.29, 0.717) is 59.5 Å². The van der Waals surface area contributed by atoms with E-state index in [1.165, 1.54) is 21.3 Å². The van der Waals surface area contributed by atoms with E-state index >= 15 is 0 Å². The molecule has 2 aromatic carbocycles. The summed E-state index contributed by atoms with van der Waals surface area (Å²) in [5.74, 6) is 0.879. The highest BCUT2D eigenvalue weighted by Gasteiger charge is 2.32. The molecule has 0 radical (unpaired) electrons. The normalized spacial score (nSPS) is 14.0. The second kappa shape index (κ2) is 12.3. The van der Waals surface area contributed by atoms with Crippen LogP contribution in [0.1, 0.15) is 61.1 Å². The highest BCUT2D eigenvalue weighted by atomic mass is 35.5. The molecule has 0 atom stereocenters. The van der Waals surface area contributed by atoms with Gasteiger partial charge >= 0.3 is 6.09 Å². The summed E-state index contributed by atoms with van der Waals surface area (Å²) in [5.41, 5.74) is 2.71. The fraction of sp³-hybridized carbons (Fsp3) is 0.433. The Balaban J connectivity index is 1.69. The van der Waals surface area contributed by atoms with Gasteiger partial charge in [-0.1, -0.05) is 17.7 Å². The Morgan fingerprint density at radius 3 is 2.22 bits per heavy atom. The van der Waals surface area contributed by atoms with Gasteiger partial charge in [-0.05, 0) is 58.2 Å². The third-order valence-electron chi connectivity index (χ3n) is 6.97. The van der Waals surface area contributed by atoms with Crippen molar-refractivity contribution >= 4 is 29.3 Å². The van der Waals surface area contributed by atoms with Crippen molar-refractivity contribution in [3.63, 3.8) is 0 Å². The standard InChI is InChI=1S/C30H37ClN4O6/c1-18-22(31)9-8-10-23(18)35-26(19-11-13-34(14-12-19)29(37)41-30(2,3)4)21(17-32-35)28(36)33-20-15-24(38-5)27(40-7)25(16-20)39-6/h8-10,15-17,19H,11-14H2,1-7H3,(H,33,36). The number of nitrogens with one attached hydrogen (secondary N) is 1. The minimum absolute atomic E-state index is 0.0461. The van der Waals surface area contributed by atoms with Crippen molar-refractivity contribution in [1.82, 2.24) is 14.7 Å². The van der Waals surface area contributed by atoms with Crippen LogP contribution in [0.3, 0.4) is 0 Å². The van der Waals surface area contributed by atoms with Gasteiger partial charge in [0.15, 0.2) is 11.5 Å². The van der Waals surface area contributed by atoms with E-state index in [1.807, 2.05) is 45.9 Å². The third-order valence-corrected chi connectivity index (χ3v) is 7.38. The maximum absolute atomic E-state index is 13.8. The van der Waals surface area contributed by atoms with E-state index in [2.05, 4.69) is 10.4 Å². The lowest BCUT2D eigenvalue weighted by Crippen LogP contribution is -2.41. The van der Waals surface area contributed by atoms with E-state index in [0.717, 1.165) is 16.9 Å². The van der Waals surface area contributed by atoms with Gasteiger partial charge in [0.2, 0.25) is 5.75 Å². The second-order valence-corrected chi connectivity index (χ2v) is 11.3.